The maximum absolute atomic E-state index is 12.2. The molecule has 1 saturated carbocycles. The van der Waals surface area contributed by atoms with E-state index >= 15 is 0 Å². The lowest BCUT2D eigenvalue weighted by atomic mass is 9.63. The summed E-state index contributed by atoms with van der Waals surface area (Å²) in [5.74, 6) is 1.43. The van der Waals surface area contributed by atoms with E-state index in [4.69, 9.17) is 0 Å². The van der Waals surface area contributed by atoms with Crippen molar-refractivity contribution in [1.29, 1.82) is 0 Å². The molecule has 0 saturated heterocycles. The Bertz CT molecular complexity index is 225. The van der Waals surface area contributed by atoms with Gasteiger partial charge in [-0.3, -0.25) is 4.79 Å². The first-order valence-corrected chi connectivity index (χ1v) is 6.31. The lowest BCUT2D eigenvalue weighted by Gasteiger charge is -2.41. The number of hydrogen-bond acceptors (Lipinski definition) is 1. The quantitative estimate of drug-likeness (QED) is 0.764. The van der Waals surface area contributed by atoms with Gasteiger partial charge in [-0.05, 0) is 31.6 Å². The van der Waals surface area contributed by atoms with Crippen molar-refractivity contribution in [2.24, 2.45) is 17.3 Å². The summed E-state index contributed by atoms with van der Waals surface area (Å²) in [6, 6.07) is 0. The lowest BCUT2D eigenvalue weighted by molar-refractivity contribution is -0.137. The molecule has 1 rings (SSSR count). The minimum Gasteiger partial charge on any atom is -0.356 e. The van der Waals surface area contributed by atoms with Crippen molar-refractivity contribution in [3.63, 3.8) is 0 Å². The highest BCUT2D eigenvalue weighted by Gasteiger charge is 2.43. The number of carbonyl (C=O) groups excluding carboxylic acids is 1. The predicted octanol–water partition coefficient (Wildman–Crippen LogP) is 2.98. The Morgan fingerprint density at radius 1 is 1.53 bits per heavy atom. The zero-order valence-corrected chi connectivity index (χ0v) is 10.6. The first-order valence-electron chi connectivity index (χ1n) is 6.31. The number of hydrogen-bond donors (Lipinski definition) is 1. The molecule has 2 unspecified atom stereocenters. The van der Waals surface area contributed by atoms with Crippen molar-refractivity contribution in [3.8, 4) is 0 Å². The van der Waals surface area contributed by atoms with Gasteiger partial charge in [0.05, 0.1) is 5.41 Å². The molecule has 0 heterocycles. The predicted molar refractivity (Wildman–Crippen MR) is 63.6 cm³/mol. The highest BCUT2D eigenvalue weighted by atomic mass is 16.2. The molecule has 2 atom stereocenters. The largest absolute Gasteiger partial charge is 0.356 e. The first kappa shape index (κ1) is 12.5. The third-order valence-electron chi connectivity index (χ3n) is 3.93. The molecule has 1 aliphatic carbocycles. The van der Waals surface area contributed by atoms with Crippen LogP contribution in [0.5, 0.6) is 0 Å². The number of amides is 1. The van der Waals surface area contributed by atoms with E-state index in [0.717, 1.165) is 19.4 Å². The van der Waals surface area contributed by atoms with Gasteiger partial charge >= 0.3 is 0 Å². The number of nitrogens with one attached hydrogen (secondary N) is 1. The van der Waals surface area contributed by atoms with Gasteiger partial charge in [0.2, 0.25) is 5.91 Å². The molecule has 2 nitrogen and oxygen atoms in total. The maximum Gasteiger partial charge on any atom is 0.226 e. The summed E-state index contributed by atoms with van der Waals surface area (Å²) in [5.41, 5.74) is -0.0896. The van der Waals surface area contributed by atoms with E-state index in [0.29, 0.717) is 11.8 Å². The van der Waals surface area contributed by atoms with Crippen LogP contribution in [0.15, 0.2) is 0 Å². The van der Waals surface area contributed by atoms with Crippen LogP contribution in [0.3, 0.4) is 0 Å². The monoisotopic (exact) mass is 211 g/mol. The van der Waals surface area contributed by atoms with E-state index in [1.807, 2.05) is 6.92 Å². The fourth-order valence-electron chi connectivity index (χ4n) is 2.92. The maximum atomic E-state index is 12.2. The van der Waals surface area contributed by atoms with Crippen LogP contribution in [0.2, 0.25) is 0 Å². The Morgan fingerprint density at radius 3 is 2.67 bits per heavy atom. The minimum absolute atomic E-state index is 0.0896. The molecule has 0 bridgehead atoms. The molecule has 1 aliphatic rings. The van der Waals surface area contributed by atoms with Crippen molar-refractivity contribution in [2.75, 3.05) is 6.54 Å². The molecule has 1 amide bonds. The van der Waals surface area contributed by atoms with Crippen molar-refractivity contribution in [1.82, 2.24) is 5.32 Å². The number of rotatable bonds is 3. The van der Waals surface area contributed by atoms with E-state index in [9.17, 15) is 4.79 Å². The average Bonchev–Trinajstić information content (AvgIpc) is 2.17. The molecule has 88 valence electrons. The third-order valence-corrected chi connectivity index (χ3v) is 3.93. The van der Waals surface area contributed by atoms with Gasteiger partial charge in [0.1, 0.15) is 0 Å². The Labute approximate surface area is 93.8 Å². The van der Waals surface area contributed by atoms with Crippen LogP contribution in [0.1, 0.15) is 53.4 Å². The van der Waals surface area contributed by atoms with Crippen molar-refractivity contribution < 1.29 is 4.79 Å². The molecule has 0 aromatic heterocycles. The van der Waals surface area contributed by atoms with Crippen LogP contribution < -0.4 is 5.32 Å². The molecular weight excluding hydrogens is 186 g/mol. The molecular formula is C13H25NO. The normalized spacial score (nSPS) is 31.7. The average molecular weight is 211 g/mol. The zero-order chi connectivity index (χ0) is 11.5. The van der Waals surface area contributed by atoms with Crippen LogP contribution in [-0.2, 0) is 4.79 Å². The molecule has 2 heteroatoms. The molecule has 0 aliphatic heterocycles. The summed E-state index contributed by atoms with van der Waals surface area (Å²) in [6.45, 7) is 9.40. The lowest BCUT2D eigenvalue weighted by Crippen LogP contribution is -2.47. The zero-order valence-electron chi connectivity index (χ0n) is 10.6. The van der Waals surface area contributed by atoms with Gasteiger partial charge in [-0.15, -0.1) is 0 Å². The van der Waals surface area contributed by atoms with Crippen LogP contribution in [0.4, 0.5) is 0 Å². The second kappa shape index (κ2) is 5.00. The smallest absolute Gasteiger partial charge is 0.226 e. The van der Waals surface area contributed by atoms with E-state index in [1.165, 1.54) is 12.8 Å². The highest BCUT2D eigenvalue weighted by Crippen LogP contribution is 2.44. The van der Waals surface area contributed by atoms with Gasteiger partial charge in [-0.25, -0.2) is 0 Å². The van der Waals surface area contributed by atoms with E-state index in [2.05, 4.69) is 26.1 Å². The number of carbonyl (C=O) groups is 1. The van der Waals surface area contributed by atoms with Crippen molar-refractivity contribution >= 4 is 5.91 Å². The molecule has 0 aromatic carbocycles. The summed E-state index contributed by atoms with van der Waals surface area (Å²) >= 11 is 0. The van der Waals surface area contributed by atoms with E-state index < -0.39 is 0 Å². The van der Waals surface area contributed by atoms with Crippen LogP contribution in [0, 0.1) is 17.3 Å². The summed E-state index contributed by atoms with van der Waals surface area (Å²) in [6.07, 6.45) is 4.63. The van der Waals surface area contributed by atoms with Gasteiger partial charge in [0.15, 0.2) is 0 Å². The third kappa shape index (κ3) is 2.53. The standard InChI is InChI=1S/C13H25NO/c1-5-14-12(15)13(10(2)3)8-6-7-11(4)9-13/h10-11H,5-9H2,1-4H3,(H,14,15). The Hall–Kier alpha value is -0.530. The second-order valence-electron chi connectivity index (χ2n) is 5.37. The highest BCUT2D eigenvalue weighted by molar-refractivity contribution is 5.83. The Morgan fingerprint density at radius 2 is 2.20 bits per heavy atom. The molecule has 0 spiro atoms. The molecule has 15 heavy (non-hydrogen) atoms. The van der Waals surface area contributed by atoms with Gasteiger partial charge in [0.25, 0.3) is 0 Å². The van der Waals surface area contributed by atoms with Gasteiger partial charge in [0, 0.05) is 6.54 Å². The second-order valence-corrected chi connectivity index (χ2v) is 5.37. The summed E-state index contributed by atoms with van der Waals surface area (Å²) < 4.78 is 0. The van der Waals surface area contributed by atoms with Crippen molar-refractivity contribution in [3.05, 3.63) is 0 Å². The SMILES string of the molecule is CCNC(=O)C1(C(C)C)CCCC(C)C1. The summed E-state index contributed by atoms with van der Waals surface area (Å²) in [4.78, 5) is 12.2. The molecule has 1 fully saturated rings. The topological polar surface area (TPSA) is 29.1 Å². The summed E-state index contributed by atoms with van der Waals surface area (Å²) in [7, 11) is 0. The first-order chi connectivity index (χ1) is 7.03. The van der Waals surface area contributed by atoms with Crippen molar-refractivity contribution in [2.45, 2.75) is 53.4 Å². The Balaban J connectivity index is 2.82. The van der Waals surface area contributed by atoms with Gasteiger partial charge < -0.3 is 5.32 Å². The van der Waals surface area contributed by atoms with Crippen LogP contribution in [-0.4, -0.2) is 12.5 Å². The fraction of sp³-hybridized carbons (Fsp3) is 0.923. The van der Waals surface area contributed by atoms with Crippen LogP contribution >= 0.6 is 0 Å². The molecule has 1 N–H and O–H groups in total. The van der Waals surface area contributed by atoms with E-state index in [1.54, 1.807) is 0 Å². The molecule has 0 aromatic rings. The minimum atomic E-state index is -0.0896. The fourth-order valence-corrected chi connectivity index (χ4v) is 2.92. The van der Waals surface area contributed by atoms with Gasteiger partial charge in [-0.1, -0.05) is 33.6 Å². The van der Waals surface area contributed by atoms with E-state index in [-0.39, 0.29) is 11.3 Å². The van der Waals surface area contributed by atoms with Gasteiger partial charge in [-0.2, -0.15) is 0 Å². The van der Waals surface area contributed by atoms with Crippen LogP contribution in [0.25, 0.3) is 0 Å². The summed E-state index contributed by atoms with van der Waals surface area (Å²) in [5, 5.41) is 3.02. The Kier molecular flexibility index (Phi) is 4.18. The molecule has 0 radical (unpaired) electrons.